The number of benzene rings is 1. The van der Waals surface area contributed by atoms with E-state index in [1.165, 1.54) is 4.90 Å². The molecule has 1 unspecified atom stereocenters. The third-order valence-electron chi connectivity index (χ3n) is 5.29. The van der Waals surface area contributed by atoms with Gasteiger partial charge in [0.25, 0.3) is 0 Å². The van der Waals surface area contributed by atoms with Crippen molar-refractivity contribution in [2.24, 2.45) is 5.92 Å². The molecule has 1 heterocycles. The van der Waals surface area contributed by atoms with Crippen LogP contribution in [0.1, 0.15) is 31.2 Å². The van der Waals surface area contributed by atoms with E-state index in [1.807, 2.05) is 30.3 Å². The number of likely N-dealkylation sites (tertiary alicyclic amines) is 1. The molecule has 1 aromatic rings. The van der Waals surface area contributed by atoms with E-state index < -0.39 is 18.1 Å². The highest BCUT2D eigenvalue weighted by Crippen LogP contribution is 2.43. The molecule has 0 spiro atoms. The van der Waals surface area contributed by atoms with Crippen molar-refractivity contribution < 1.29 is 18.0 Å². The van der Waals surface area contributed by atoms with Gasteiger partial charge in [-0.15, -0.1) is 0 Å². The van der Waals surface area contributed by atoms with Gasteiger partial charge in [-0.05, 0) is 37.3 Å². The summed E-state index contributed by atoms with van der Waals surface area (Å²) in [4.78, 5) is 14.1. The van der Waals surface area contributed by atoms with Gasteiger partial charge in [0.2, 0.25) is 5.91 Å². The number of amides is 1. The first kappa shape index (κ1) is 17.3. The molecule has 132 valence electrons. The van der Waals surface area contributed by atoms with Crippen molar-refractivity contribution in [1.29, 1.82) is 0 Å². The normalized spacial score (nSPS) is 23.7. The lowest BCUT2D eigenvalue weighted by Gasteiger charge is -2.41. The molecule has 1 amide bonds. The number of carbonyl (C=O) groups is 1. The largest absolute Gasteiger partial charge is 0.401 e. The number of carbonyl (C=O) groups excluding carboxylic acids is 1. The fraction of sp³-hybridized carbons (Fsp3) is 0.611. The minimum absolute atomic E-state index is 0.0224. The second-order valence-corrected chi connectivity index (χ2v) is 7.02. The summed E-state index contributed by atoms with van der Waals surface area (Å²) in [7, 11) is 0. The van der Waals surface area contributed by atoms with E-state index in [9.17, 15) is 18.0 Å². The number of rotatable bonds is 5. The van der Waals surface area contributed by atoms with Crippen LogP contribution in [0.5, 0.6) is 0 Å². The van der Waals surface area contributed by atoms with Crippen molar-refractivity contribution in [2.45, 2.75) is 37.3 Å². The van der Waals surface area contributed by atoms with Crippen molar-refractivity contribution in [3.05, 3.63) is 35.9 Å². The monoisotopic (exact) mass is 340 g/mol. The SMILES string of the molecule is O=C(NCC1CCN(CC(F)(F)F)C1)C1(c2ccccc2)CCC1. The molecular formula is C18H23F3N2O. The van der Waals surface area contributed by atoms with Crippen LogP contribution >= 0.6 is 0 Å². The first-order valence-corrected chi connectivity index (χ1v) is 8.52. The van der Waals surface area contributed by atoms with Crippen LogP contribution in [0.3, 0.4) is 0 Å². The second-order valence-electron chi connectivity index (χ2n) is 7.02. The highest BCUT2D eigenvalue weighted by Gasteiger charge is 2.45. The fourth-order valence-electron chi connectivity index (χ4n) is 3.82. The van der Waals surface area contributed by atoms with Gasteiger partial charge >= 0.3 is 6.18 Å². The summed E-state index contributed by atoms with van der Waals surface area (Å²) in [5, 5.41) is 3.00. The third kappa shape index (κ3) is 3.74. The van der Waals surface area contributed by atoms with E-state index in [0.29, 0.717) is 26.1 Å². The van der Waals surface area contributed by atoms with Crippen molar-refractivity contribution in [3.8, 4) is 0 Å². The summed E-state index contributed by atoms with van der Waals surface area (Å²) < 4.78 is 37.3. The van der Waals surface area contributed by atoms with Gasteiger partial charge in [-0.1, -0.05) is 36.8 Å². The first-order chi connectivity index (χ1) is 11.4. The lowest BCUT2D eigenvalue weighted by atomic mass is 9.64. The zero-order valence-corrected chi connectivity index (χ0v) is 13.6. The number of halogens is 3. The summed E-state index contributed by atoms with van der Waals surface area (Å²) in [6.07, 6.45) is -0.733. The van der Waals surface area contributed by atoms with E-state index in [1.54, 1.807) is 0 Å². The average Bonchev–Trinajstić information content (AvgIpc) is 2.90. The van der Waals surface area contributed by atoms with Crippen LogP contribution in [0.25, 0.3) is 0 Å². The highest BCUT2D eigenvalue weighted by atomic mass is 19.4. The van der Waals surface area contributed by atoms with Crippen molar-refractivity contribution in [1.82, 2.24) is 10.2 Å². The van der Waals surface area contributed by atoms with Gasteiger partial charge in [0.15, 0.2) is 0 Å². The molecule has 1 aliphatic heterocycles. The Bertz CT molecular complexity index is 569. The number of hydrogen-bond acceptors (Lipinski definition) is 2. The number of nitrogens with one attached hydrogen (secondary N) is 1. The molecule has 1 N–H and O–H groups in total. The van der Waals surface area contributed by atoms with Crippen LogP contribution in [0, 0.1) is 5.92 Å². The molecule has 3 nitrogen and oxygen atoms in total. The van der Waals surface area contributed by atoms with Crippen LogP contribution < -0.4 is 5.32 Å². The highest BCUT2D eigenvalue weighted by molar-refractivity contribution is 5.89. The molecule has 2 aliphatic rings. The van der Waals surface area contributed by atoms with Crippen LogP contribution in [-0.4, -0.2) is 43.2 Å². The van der Waals surface area contributed by atoms with E-state index in [4.69, 9.17) is 0 Å². The van der Waals surface area contributed by atoms with Gasteiger partial charge in [-0.3, -0.25) is 9.69 Å². The van der Waals surface area contributed by atoms with E-state index in [-0.39, 0.29) is 11.8 Å². The maximum atomic E-state index is 12.7. The molecular weight excluding hydrogens is 317 g/mol. The standard InChI is InChI=1S/C18H23F3N2O/c19-18(20,21)13-23-10-7-14(12-23)11-22-16(24)17(8-4-9-17)15-5-2-1-3-6-15/h1-3,5-6,14H,4,7-13H2,(H,22,24). The van der Waals surface area contributed by atoms with Crippen LogP contribution in [0.2, 0.25) is 0 Å². The Morgan fingerprint density at radius 1 is 1.25 bits per heavy atom. The molecule has 1 saturated heterocycles. The summed E-state index contributed by atoms with van der Waals surface area (Å²) in [6.45, 7) is 0.454. The number of alkyl halides is 3. The molecule has 0 aromatic heterocycles. The van der Waals surface area contributed by atoms with Gasteiger partial charge in [0.05, 0.1) is 12.0 Å². The Morgan fingerprint density at radius 3 is 2.54 bits per heavy atom. The quantitative estimate of drug-likeness (QED) is 0.893. The zero-order chi connectivity index (χ0) is 17.2. The molecule has 2 fully saturated rings. The zero-order valence-electron chi connectivity index (χ0n) is 13.6. The van der Waals surface area contributed by atoms with Gasteiger partial charge < -0.3 is 5.32 Å². The van der Waals surface area contributed by atoms with Gasteiger partial charge in [-0.25, -0.2) is 0 Å². The molecule has 1 atom stereocenters. The van der Waals surface area contributed by atoms with Crippen molar-refractivity contribution >= 4 is 5.91 Å². The topological polar surface area (TPSA) is 32.3 Å². The van der Waals surface area contributed by atoms with Gasteiger partial charge in [0, 0.05) is 13.1 Å². The summed E-state index contributed by atoms with van der Waals surface area (Å²) in [5.74, 6) is 0.124. The Morgan fingerprint density at radius 2 is 1.96 bits per heavy atom. The molecule has 3 rings (SSSR count). The predicted molar refractivity (Wildman–Crippen MR) is 85.6 cm³/mol. The lowest BCUT2D eigenvalue weighted by molar-refractivity contribution is -0.144. The van der Waals surface area contributed by atoms with Crippen LogP contribution in [-0.2, 0) is 10.2 Å². The Labute approximate surface area is 140 Å². The van der Waals surface area contributed by atoms with Crippen LogP contribution in [0.15, 0.2) is 30.3 Å². The molecule has 0 bridgehead atoms. The predicted octanol–water partition coefficient (Wildman–Crippen LogP) is 3.11. The van der Waals surface area contributed by atoms with Crippen molar-refractivity contribution in [2.75, 3.05) is 26.2 Å². The third-order valence-corrected chi connectivity index (χ3v) is 5.29. The van der Waals surface area contributed by atoms with E-state index >= 15 is 0 Å². The lowest BCUT2D eigenvalue weighted by Crippen LogP contribution is -2.50. The maximum Gasteiger partial charge on any atom is 0.401 e. The van der Waals surface area contributed by atoms with Gasteiger partial charge in [0.1, 0.15) is 0 Å². The molecule has 0 radical (unpaired) electrons. The fourth-order valence-corrected chi connectivity index (χ4v) is 3.82. The molecule has 6 heteroatoms. The summed E-state index contributed by atoms with van der Waals surface area (Å²) >= 11 is 0. The summed E-state index contributed by atoms with van der Waals surface area (Å²) in [6, 6.07) is 9.78. The molecule has 1 saturated carbocycles. The Balaban J connectivity index is 1.53. The molecule has 1 aliphatic carbocycles. The second kappa shape index (κ2) is 6.75. The van der Waals surface area contributed by atoms with Crippen molar-refractivity contribution in [3.63, 3.8) is 0 Å². The Hall–Kier alpha value is -1.56. The van der Waals surface area contributed by atoms with Gasteiger partial charge in [-0.2, -0.15) is 13.2 Å². The Kier molecular flexibility index (Phi) is 4.85. The maximum absolute atomic E-state index is 12.7. The van der Waals surface area contributed by atoms with E-state index in [0.717, 1.165) is 24.8 Å². The minimum Gasteiger partial charge on any atom is -0.355 e. The molecule has 1 aromatic carbocycles. The summed E-state index contributed by atoms with van der Waals surface area (Å²) in [5.41, 5.74) is 0.602. The number of nitrogens with zero attached hydrogens (tertiary/aromatic N) is 1. The number of hydrogen-bond donors (Lipinski definition) is 1. The smallest absolute Gasteiger partial charge is 0.355 e. The van der Waals surface area contributed by atoms with E-state index in [2.05, 4.69) is 5.32 Å². The average molecular weight is 340 g/mol. The van der Waals surface area contributed by atoms with Crippen LogP contribution in [0.4, 0.5) is 13.2 Å². The minimum atomic E-state index is -4.15. The molecule has 24 heavy (non-hydrogen) atoms. The first-order valence-electron chi connectivity index (χ1n) is 8.52.